The number of nitrogens with zero attached hydrogens (tertiary/aromatic N) is 2. The molecule has 0 bridgehead atoms. The first-order chi connectivity index (χ1) is 25.0. The number of aromatic nitrogens is 2. The van der Waals surface area contributed by atoms with Crippen molar-refractivity contribution in [2.75, 3.05) is 28.4 Å². The van der Waals surface area contributed by atoms with Crippen molar-refractivity contribution in [2.24, 2.45) is 0 Å². The zero-order valence-corrected chi connectivity index (χ0v) is 31.3. The van der Waals surface area contributed by atoms with Crippen molar-refractivity contribution >= 4 is 23.8 Å². The molecule has 0 fully saturated rings. The Labute approximate surface area is 309 Å². The Morgan fingerprint density at radius 2 is 1.27 bits per heavy atom. The number of esters is 1. The summed E-state index contributed by atoms with van der Waals surface area (Å²) >= 11 is 1.38. The van der Waals surface area contributed by atoms with Crippen LogP contribution in [0.4, 0.5) is 4.79 Å². The zero-order valence-electron chi connectivity index (χ0n) is 30.5. The van der Waals surface area contributed by atoms with Crippen molar-refractivity contribution in [3.05, 3.63) is 144 Å². The summed E-state index contributed by atoms with van der Waals surface area (Å²) in [5.41, 5.74) is 2.60. The molecule has 5 rings (SSSR count). The van der Waals surface area contributed by atoms with Gasteiger partial charge in [-0.05, 0) is 37.5 Å². The number of thioether (sulfide) groups is 1. The number of hydrogen-bond donors (Lipinski definition) is 1. The number of methoxy groups -OCH3 is 4. The predicted molar refractivity (Wildman–Crippen MR) is 202 cm³/mol. The van der Waals surface area contributed by atoms with Crippen LogP contribution in [-0.4, -0.2) is 61.7 Å². The van der Waals surface area contributed by atoms with Gasteiger partial charge in [0.05, 0.1) is 45.7 Å². The van der Waals surface area contributed by atoms with Gasteiger partial charge in [-0.15, -0.1) is 11.8 Å². The first kappa shape index (κ1) is 37.8. The molecule has 0 radical (unpaired) electrons. The van der Waals surface area contributed by atoms with Gasteiger partial charge in [0.25, 0.3) is 0 Å². The van der Waals surface area contributed by atoms with Gasteiger partial charge in [0.2, 0.25) is 0 Å². The lowest BCUT2D eigenvalue weighted by molar-refractivity contribution is -0.143. The van der Waals surface area contributed by atoms with Crippen LogP contribution < -0.4 is 19.5 Å². The van der Waals surface area contributed by atoms with Gasteiger partial charge >= 0.3 is 12.1 Å². The average Bonchev–Trinajstić information content (AvgIpc) is 3.65. The first-order valence-corrected chi connectivity index (χ1v) is 17.8. The molecule has 0 saturated heterocycles. The number of benzene rings is 4. The van der Waals surface area contributed by atoms with Crippen LogP contribution in [-0.2, 0) is 25.6 Å². The molecule has 4 aromatic carbocycles. The molecule has 1 aromatic heterocycles. The van der Waals surface area contributed by atoms with E-state index in [4.69, 9.17) is 28.7 Å². The number of carbonyl (C=O) groups is 2. The number of ether oxygens (including phenoxy) is 5. The molecular formula is C41H45N3O7S. The smallest absolute Gasteiger partial charge is 0.408 e. The molecule has 0 aliphatic rings. The Hall–Kier alpha value is -5.42. The molecule has 0 aliphatic heterocycles. The highest BCUT2D eigenvalue weighted by Crippen LogP contribution is 2.44. The molecule has 1 heterocycles. The lowest BCUT2D eigenvalue weighted by atomic mass is 9.77. The molecule has 0 unspecified atom stereocenters. The minimum absolute atomic E-state index is 0.304. The highest BCUT2D eigenvalue weighted by molar-refractivity contribution is 7.98. The van der Waals surface area contributed by atoms with Crippen molar-refractivity contribution in [1.29, 1.82) is 0 Å². The van der Waals surface area contributed by atoms with Crippen molar-refractivity contribution in [2.45, 2.75) is 49.0 Å². The Bertz CT molecular complexity index is 1810. The van der Waals surface area contributed by atoms with E-state index in [1.54, 1.807) is 60.6 Å². The quantitative estimate of drug-likeness (QED) is 0.0907. The lowest BCUT2D eigenvalue weighted by Crippen LogP contribution is -2.46. The fraction of sp³-hybridized carbons (Fsp3) is 0.293. The van der Waals surface area contributed by atoms with Gasteiger partial charge in [-0.1, -0.05) is 91.0 Å². The maximum absolute atomic E-state index is 13.6. The molecule has 5 aromatic rings. The van der Waals surface area contributed by atoms with E-state index in [1.807, 2.05) is 60.8 Å². The number of rotatable bonds is 14. The lowest BCUT2D eigenvalue weighted by Gasteiger charge is -2.37. The Kier molecular flexibility index (Phi) is 12.2. The fourth-order valence-electron chi connectivity index (χ4n) is 6.22. The summed E-state index contributed by atoms with van der Waals surface area (Å²) < 4.78 is 29.9. The molecule has 0 saturated carbocycles. The summed E-state index contributed by atoms with van der Waals surface area (Å²) in [4.78, 5) is 31.9. The highest BCUT2D eigenvalue weighted by Gasteiger charge is 2.41. The van der Waals surface area contributed by atoms with Crippen LogP contribution in [0.5, 0.6) is 17.2 Å². The Morgan fingerprint density at radius 1 is 0.769 bits per heavy atom. The van der Waals surface area contributed by atoms with E-state index < -0.39 is 34.5 Å². The summed E-state index contributed by atoms with van der Waals surface area (Å²) in [6.07, 6.45) is 2.94. The van der Waals surface area contributed by atoms with E-state index in [0.717, 1.165) is 22.3 Å². The third-order valence-electron chi connectivity index (χ3n) is 8.51. The molecule has 272 valence electrons. The number of nitrogens with one attached hydrogen (secondary N) is 1. The molecular weight excluding hydrogens is 679 g/mol. The van der Waals surface area contributed by atoms with E-state index in [0.29, 0.717) is 28.7 Å². The third-order valence-corrected chi connectivity index (χ3v) is 9.84. The number of amides is 1. The molecule has 0 spiro atoms. The standard InChI is InChI=1S/C41H45N3O7S/c1-40(2,3)51-39(46)43-36(38(45)50-7)37(52-26-32-34(48-5)23-31(47-4)24-35(32)49-6)33-25-44(27-42-33)41(28-17-11-8-12-18-28,29-19-13-9-14-20-29)30-21-15-10-16-22-30/h8-25,27,36-37H,26H2,1-7H3,(H,43,46)/t36-,37+/m0/s1. The van der Waals surface area contributed by atoms with Crippen LogP contribution in [0.1, 0.15) is 54.0 Å². The van der Waals surface area contributed by atoms with Crippen LogP contribution in [0.15, 0.2) is 116 Å². The minimum atomic E-state index is -1.19. The normalized spacial score (nSPS) is 12.7. The summed E-state index contributed by atoms with van der Waals surface area (Å²) in [7, 11) is 5.99. The van der Waals surface area contributed by atoms with Crippen molar-refractivity contribution < 1.29 is 33.3 Å². The molecule has 1 N–H and O–H groups in total. The van der Waals surface area contributed by atoms with Crippen LogP contribution in [0.2, 0.25) is 0 Å². The maximum Gasteiger partial charge on any atom is 0.408 e. The number of alkyl carbamates (subject to hydrolysis) is 1. The summed E-state index contributed by atoms with van der Waals surface area (Å²) in [6, 6.07) is 33.0. The summed E-state index contributed by atoms with van der Waals surface area (Å²) in [5, 5.41) is 2.02. The molecule has 10 nitrogen and oxygen atoms in total. The molecule has 1 amide bonds. The largest absolute Gasteiger partial charge is 0.496 e. The van der Waals surface area contributed by atoms with E-state index in [2.05, 4.69) is 46.3 Å². The second-order valence-corrected chi connectivity index (χ2v) is 14.0. The number of imidazole rings is 1. The van der Waals surface area contributed by atoms with Crippen LogP contribution >= 0.6 is 11.8 Å². The maximum atomic E-state index is 13.6. The SMILES string of the molecule is COC(=O)[C@@H](NC(=O)OC(C)(C)C)[C@H](SCc1c(OC)cc(OC)cc1OC)c1cn(C(c2ccccc2)(c2ccccc2)c2ccccc2)cn1. The van der Waals surface area contributed by atoms with Gasteiger partial charge in [-0.25, -0.2) is 14.6 Å². The first-order valence-electron chi connectivity index (χ1n) is 16.7. The molecule has 11 heteroatoms. The van der Waals surface area contributed by atoms with Gasteiger partial charge in [-0.2, -0.15) is 0 Å². The van der Waals surface area contributed by atoms with Gasteiger partial charge in [0.15, 0.2) is 0 Å². The van der Waals surface area contributed by atoms with E-state index >= 15 is 0 Å². The van der Waals surface area contributed by atoms with Crippen LogP contribution in [0.3, 0.4) is 0 Å². The zero-order chi connectivity index (χ0) is 37.3. The van der Waals surface area contributed by atoms with Crippen molar-refractivity contribution in [3.63, 3.8) is 0 Å². The molecule has 2 atom stereocenters. The van der Waals surface area contributed by atoms with Gasteiger partial charge in [-0.3, -0.25) is 0 Å². The van der Waals surface area contributed by atoms with E-state index in [9.17, 15) is 9.59 Å². The Balaban J connectivity index is 1.70. The number of hydrogen-bond acceptors (Lipinski definition) is 9. The van der Waals surface area contributed by atoms with Gasteiger partial charge in [0, 0.05) is 29.6 Å². The van der Waals surface area contributed by atoms with Gasteiger partial charge < -0.3 is 33.6 Å². The second-order valence-electron chi connectivity index (χ2n) is 12.9. The number of carbonyl (C=O) groups excluding carboxylic acids is 2. The van der Waals surface area contributed by atoms with Gasteiger partial charge in [0.1, 0.15) is 34.4 Å². The minimum Gasteiger partial charge on any atom is -0.496 e. The summed E-state index contributed by atoms with van der Waals surface area (Å²) in [5.74, 6) is 1.29. The second kappa shape index (κ2) is 16.7. The van der Waals surface area contributed by atoms with Crippen LogP contribution in [0.25, 0.3) is 0 Å². The van der Waals surface area contributed by atoms with Crippen LogP contribution in [0, 0.1) is 0 Å². The van der Waals surface area contributed by atoms with E-state index in [-0.39, 0.29) is 0 Å². The highest BCUT2D eigenvalue weighted by atomic mass is 32.2. The van der Waals surface area contributed by atoms with Crippen molar-refractivity contribution in [3.8, 4) is 17.2 Å². The monoisotopic (exact) mass is 723 g/mol. The Morgan fingerprint density at radius 3 is 1.69 bits per heavy atom. The summed E-state index contributed by atoms with van der Waals surface area (Å²) in [6.45, 7) is 5.27. The fourth-order valence-corrected chi connectivity index (χ4v) is 7.51. The topological polar surface area (TPSA) is 110 Å². The predicted octanol–water partition coefficient (Wildman–Crippen LogP) is 7.79. The average molecular weight is 724 g/mol. The van der Waals surface area contributed by atoms with E-state index in [1.165, 1.54) is 18.9 Å². The molecule has 0 aliphatic carbocycles. The third kappa shape index (κ3) is 8.21. The molecule has 52 heavy (non-hydrogen) atoms. The van der Waals surface area contributed by atoms with Crippen molar-refractivity contribution in [1.82, 2.24) is 14.9 Å².